The van der Waals surface area contributed by atoms with Gasteiger partial charge in [-0.1, -0.05) is 5.16 Å². The van der Waals surface area contributed by atoms with Crippen molar-refractivity contribution in [2.75, 3.05) is 5.32 Å². The number of carbonyl (C=O) groups is 1. The minimum atomic E-state index is -0.441. The van der Waals surface area contributed by atoms with E-state index in [-0.39, 0.29) is 11.6 Å². The van der Waals surface area contributed by atoms with Gasteiger partial charge in [0.1, 0.15) is 11.6 Å². The van der Waals surface area contributed by atoms with Crippen molar-refractivity contribution in [2.45, 2.75) is 6.92 Å². The Balaban J connectivity index is 2.29. The quantitative estimate of drug-likeness (QED) is 0.325. The molecule has 0 radical (unpaired) electrons. The normalized spacial score (nSPS) is 11.6. The number of amidine groups is 1. The predicted octanol–water partition coefficient (Wildman–Crippen LogP) is 0.668. The molecule has 8 nitrogen and oxygen atoms in total. The Morgan fingerprint density at radius 1 is 1.58 bits per heavy atom. The number of anilines is 1. The van der Waals surface area contributed by atoms with Crippen LogP contribution in [0.3, 0.4) is 0 Å². The van der Waals surface area contributed by atoms with Gasteiger partial charge in [0.15, 0.2) is 11.6 Å². The summed E-state index contributed by atoms with van der Waals surface area (Å²) in [6.45, 7) is 1.74. The van der Waals surface area contributed by atoms with Crippen molar-refractivity contribution in [3.8, 4) is 0 Å². The first-order valence-electron chi connectivity index (χ1n) is 5.40. The smallest absolute Gasteiger partial charge is 0.292 e. The number of rotatable bonds is 3. The molecule has 4 N–H and O–H groups in total. The Morgan fingerprint density at radius 3 is 2.89 bits per heavy atom. The average molecular weight is 263 g/mol. The third kappa shape index (κ3) is 2.41. The third-order valence-electron chi connectivity index (χ3n) is 2.52. The highest BCUT2D eigenvalue weighted by Gasteiger charge is 2.17. The van der Waals surface area contributed by atoms with Gasteiger partial charge in [-0.25, -0.2) is 0 Å². The number of aromatic nitrogens is 2. The molecule has 0 aliphatic carbocycles. The highest BCUT2D eigenvalue weighted by atomic mass is 16.4. The molecule has 0 fully saturated rings. The standard InChI is InChI=1S/C11H13N5O3/c1-6-3-4-8(19-6)11(17)14-10-7(9(12)15-18)5-13-16(10)2/h3-5,18H,1-2H3,(H2,12,15)(H,14,17). The molecule has 2 rings (SSSR count). The summed E-state index contributed by atoms with van der Waals surface area (Å²) >= 11 is 0. The van der Waals surface area contributed by atoms with Crippen LogP contribution in [0.1, 0.15) is 21.9 Å². The van der Waals surface area contributed by atoms with E-state index in [9.17, 15) is 4.79 Å². The highest BCUT2D eigenvalue weighted by molar-refractivity contribution is 6.08. The molecule has 0 atom stereocenters. The topological polar surface area (TPSA) is 119 Å². The summed E-state index contributed by atoms with van der Waals surface area (Å²) in [6.07, 6.45) is 1.39. The number of nitrogens with zero attached hydrogens (tertiary/aromatic N) is 3. The van der Waals surface area contributed by atoms with Crippen LogP contribution >= 0.6 is 0 Å². The molecular weight excluding hydrogens is 250 g/mol. The van der Waals surface area contributed by atoms with Crippen LogP contribution in [0.15, 0.2) is 27.9 Å². The Labute approximate surface area is 108 Å². The molecule has 8 heteroatoms. The zero-order valence-corrected chi connectivity index (χ0v) is 10.4. The lowest BCUT2D eigenvalue weighted by molar-refractivity contribution is 0.0994. The van der Waals surface area contributed by atoms with E-state index in [1.807, 2.05) is 0 Å². The Morgan fingerprint density at radius 2 is 2.32 bits per heavy atom. The first kappa shape index (κ1) is 12.7. The summed E-state index contributed by atoms with van der Waals surface area (Å²) in [5.74, 6) is 0.535. The largest absolute Gasteiger partial charge is 0.456 e. The van der Waals surface area contributed by atoms with E-state index in [2.05, 4.69) is 15.6 Å². The number of carbonyl (C=O) groups excluding carboxylic acids is 1. The summed E-state index contributed by atoms with van der Waals surface area (Å²) in [6, 6.07) is 3.24. The molecule has 2 aromatic heterocycles. The summed E-state index contributed by atoms with van der Waals surface area (Å²) < 4.78 is 6.61. The van der Waals surface area contributed by atoms with E-state index >= 15 is 0 Å². The van der Waals surface area contributed by atoms with E-state index in [4.69, 9.17) is 15.4 Å². The second kappa shape index (κ2) is 4.84. The van der Waals surface area contributed by atoms with Gasteiger partial charge in [-0.2, -0.15) is 5.10 Å². The van der Waals surface area contributed by atoms with Gasteiger partial charge in [0.2, 0.25) is 0 Å². The molecule has 2 heterocycles. The summed E-state index contributed by atoms with van der Waals surface area (Å²) in [7, 11) is 1.62. The van der Waals surface area contributed by atoms with Crippen LogP contribution in [0.4, 0.5) is 5.82 Å². The predicted molar refractivity (Wildman–Crippen MR) is 67.1 cm³/mol. The van der Waals surface area contributed by atoms with Crippen molar-refractivity contribution in [3.63, 3.8) is 0 Å². The fraction of sp³-hybridized carbons (Fsp3) is 0.182. The monoisotopic (exact) mass is 263 g/mol. The maximum absolute atomic E-state index is 12.0. The number of hydrogen-bond donors (Lipinski definition) is 3. The second-order valence-electron chi connectivity index (χ2n) is 3.88. The fourth-order valence-corrected chi connectivity index (χ4v) is 1.55. The van der Waals surface area contributed by atoms with Gasteiger partial charge in [0, 0.05) is 7.05 Å². The number of aryl methyl sites for hydroxylation is 2. The number of nitrogens with one attached hydrogen (secondary N) is 1. The Hall–Kier alpha value is -2.77. The molecule has 0 spiro atoms. The van der Waals surface area contributed by atoms with Gasteiger partial charge in [0.25, 0.3) is 5.91 Å². The second-order valence-corrected chi connectivity index (χ2v) is 3.88. The molecule has 0 saturated carbocycles. The van der Waals surface area contributed by atoms with E-state index in [1.54, 1.807) is 26.1 Å². The lowest BCUT2D eigenvalue weighted by atomic mass is 10.3. The Kier molecular flexibility index (Phi) is 3.23. The van der Waals surface area contributed by atoms with Gasteiger partial charge >= 0.3 is 0 Å². The fourth-order valence-electron chi connectivity index (χ4n) is 1.55. The van der Waals surface area contributed by atoms with Gasteiger partial charge in [-0.3, -0.25) is 9.48 Å². The lowest BCUT2D eigenvalue weighted by Gasteiger charge is -2.06. The molecule has 2 aromatic rings. The van der Waals surface area contributed by atoms with Gasteiger partial charge < -0.3 is 20.7 Å². The van der Waals surface area contributed by atoms with Crippen LogP contribution in [-0.2, 0) is 7.05 Å². The van der Waals surface area contributed by atoms with Crippen molar-refractivity contribution in [3.05, 3.63) is 35.4 Å². The molecule has 100 valence electrons. The zero-order chi connectivity index (χ0) is 14.0. The molecule has 0 saturated heterocycles. The summed E-state index contributed by atoms with van der Waals surface area (Å²) in [5, 5.41) is 18.1. The lowest BCUT2D eigenvalue weighted by Crippen LogP contribution is -2.19. The first-order valence-corrected chi connectivity index (χ1v) is 5.40. The SMILES string of the molecule is Cc1ccc(C(=O)Nc2c(C(N)=NO)cnn2C)o1. The van der Waals surface area contributed by atoms with E-state index in [0.29, 0.717) is 17.1 Å². The molecule has 19 heavy (non-hydrogen) atoms. The maximum atomic E-state index is 12.0. The summed E-state index contributed by atoms with van der Waals surface area (Å²) in [4.78, 5) is 12.0. The number of hydrogen-bond acceptors (Lipinski definition) is 5. The third-order valence-corrected chi connectivity index (χ3v) is 2.52. The molecular formula is C11H13N5O3. The van der Waals surface area contributed by atoms with Crippen molar-refractivity contribution in [2.24, 2.45) is 17.9 Å². The summed E-state index contributed by atoms with van der Waals surface area (Å²) in [5.41, 5.74) is 5.82. The van der Waals surface area contributed by atoms with Crippen LogP contribution in [0.5, 0.6) is 0 Å². The van der Waals surface area contributed by atoms with Crippen LogP contribution in [0, 0.1) is 6.92 Å². The highest BCUT2D eigenvalue weighted by Crippen LogP contribution is 2.16. The van der Waals surface area contributed by atoms with Gasteiger partial charge in [0.05, 0.1) is 11.8 Å². The molecule has 0 aliphatic rings. The molecule has 0 aromatic carbocycles. The first-order chi connectivity index (χ1) is 9.02. The molecule has 1 amide bonds. The number of furan rings is 1. The molecule has 0 unspecified atom stereocenters. The van der Waals surface area contributed by atoms with Crippen LogP contribution in [0.25, 0.3) is 0 Å². The van der Waals surface area contributed by atoms with Gasteiger partial charge in [-0.05, 0) is 19.1 Å². The molecule has 0 aliphatic heterocycles. The Bertz CT molecular complexity index is 641. The van der Waals surface area contributed by atoms with Crippen molar-refractivity contribution >= 4 is 17.6 Å². The van der Waals surface area contributed by atoms with E-state index in [0.717, 1.165) is 0 Å². The zero-order valence-electron chi connectivity index (χ0n) is 10.4. The van der Waals surface area contributed by atoms with E-state index < -0.39 is 5.91 Å². The maximum Gasteiger partial charge on any atom is 0.292 e. The number of nitrogens with two attached hydrogens (primary N) is 1. The van der Waals surface area contributed by atoms with Crippen LogP contribution in [-0.4, -0.2) is 26.7 Å². The number of oxime groups is 1. The minimum absolute atomic E-state index is 0.140. The molecule has 0 bridgehead atoms. The number of amides is 1. The minimum Gasteiger partial charge on any atom is -0.456 e. The van der Waals surface area contributed by atoms with Crippen molar-refractivity contribution in [1.82, 2.24) is 9.78 Å². The average Bonchev–Trinajstić information content (AvgIpc) is 2.96. The van der Waals surface area contributed by atoms with E-state index in [1.165, 1.54) is 10.9 Å². The van der Waals surface area contributed by atoms with Crippen molar-refractivity contribution < 1.29 is 14.4 Å². The van der Waals surface area contributed by atoms with Gasteiger partial charge in [-0.15, -0.1) is 0 Å². The van der Waals surface area contributed by atoms with Crippen molar-refractivity contribution in [1.29, 1.82) is 0 Å². The van der Waals surface area contributed by atoms with Crippen LogP contribution < -0.4 is 11.1 Å². The van der Waals surface area contributed by atoms with Crippen LogP contribution in [0.2, 0.25) is 0 Å².